The van der Waals surface area contributed by atoms with Crippen LogP contribution >= 0.6 is 0 Å². The SMILES string of the molecule is CC(=O)O.CCCCCCC(O)C/C=C\CCCCCCCC(=O)O. The fourth-order valence-electron chi connectivity index (χ4n) is 2.36. The Morgan fingerprint density at radius 3 is 2.04 bits per heavy atom. The van der Waals surface area contributed by atoms with Crippen molar-refractivity contribution in [1.29, 1.82) is 0 Å². The highest BCUT2D eigenvalue weighted by Crippen LogP contribution is 2.10. The van der Waals surface area contributed by atoms with Gasteiger partial charge in [-0.2, -0.15) is 0 Å². The molecule has 0 saturated heterocycles. The Bertz CT molecular complexity index is 335. The molecule has 0 fully saturated rings. The van der Waals surface area contributed by atoms with Crippen molar-refractivity contribution in [2.24, 2.45) is 0 Å². The maximum absolute atomic E-state index is 10.3. The molecule has 0 aromatic heterocycles. The number of carboxylic acid groups (broad SMARTS) is 2. The number of aliphatic hydroxyl groups excluding tert-OH is 1. The van der Waals surface area contributed by atoms with Crippen LogP contribution in [0.2, 0.25) is 0 Å². The van der Waals surface area contributed by atoms with Gasteiger partial charge in [0.15, 0.2) is 0 Å². The van der Waals surface area contributed by atoms with Crippen LogP contribution in [0.5, 0.6) is 0 Å². The van der Waals surface area contributed by atoms with Crippen molar-refractivity contribution in [1.82, 2.24) is 0 Å². The van der Waals surface area contributed by atoms with E-state index in [1.54, 1.807) is 0 Å². The predicted octanol–water partition coefficient (Wildman–Crippen LogP) is 5.17. The van der Waals surface area contributed by atoms with Gasteiger partial charge in [-0.15, -0.1) is 0 Å². The smallest absolute Gasteiger partial charge is 0.303 e. The molecule has 1 atom stereocenters. The number of rotatable bonds is 15. The third kappa shape index (κ3) is 31.0. The summed E-state index contributed by atoms with van der Waals surface area (Å²) < 4.78 is 0. The van der Waals surface area contributed by atoms with Gasteiger partial charge < -0.3 is 15.3 Å². The van der Waals surface area contributed by atoms with E-state index in [0.717, 1.165) is 58.3 Å². The minimum atomic E-state index is -0.833. The molecule has 0 aliphatic heterocycles. The van der Waals surface area contributed by atoms with Crippen molar-refractivity contribution in [3.63, 3.8) is 0 Å². The summed E-state index contributed by atoms with van der Waals surface area (Å²) in [5.74, 6) is -1.52. The topological polar surface area (TPSA) is 94.8 Å². The van der Waals surface area contributed by atoms with E-state index in [1.807, 2.05) is 0 Å². The summed E-state index contributed by atoms with van der Waals surface area (Å²) in [5, 5.41) is 25.7. The quantitative estimate of drug-likeness (QED) is 0.277. The first kappa shape index (κ1) is 25.9. The number of carbonyl (C=O) groups is 2. The average Bonchev–Trinajstić information content (AvgIpc) is 2.52. The van der Waals surface area contributed by atoms with Gasteiger partial charge in [0, 0.05) is 13.3 Å². The second kappa shape index (κ2) is 20.7. The summed E-state index contributed by atoms with van der Waals surface area (Å²) in [6.07, 6.45) is 17.4. The third-order valence-corrected chi connectivity index (χ3v) is 3.73. The first-order chi connectivity index (χ1) is 11.9. The molecule has 0 saturated carbocycles. The molecule has 25 heavy (non-hydrogen) atoms. The number of aliphatic hydroxyl groups is 1. The molecule has 148 valence electrons. The van der Waals surface area contributed by atoms with Crippen molar-refractivity contribution in [2.45, 2.75) is 103 Å². The molecule has 0 heterocycles. The Morgan fingerprint density at radius 1 is 0.880 bits per heavy atom. The minimum absolute atomic E-state index is 0.172. The van der Waals surface area contributed by atoms with Crippen molar-refractivity contribution in [3.8, 4) is 0 Å². The van der Waals surface area contributed by atoms with Gasteiger partial charge >= 0.3 is 5.97 Å². The second-order valence-electron chi connectivity index (χ2n) is 6.43. The van der Waals surface area contributed by atoms with Gasteiger partial charge in [-0.05, 0) is 32.1 Å². The van der Waals surface area contributed by atoms with Crippen LogP contribution in [-0.2, 0) is 9.59 Å². The molecular formula is C20H38O5. The van der Waals surface area contributed by atoms with Crippen molar-refractivity contribution >= 4 is 11.9 Å². The van der Waals surface area contributed by atoms with Gasteiger partial charge in [0.2, 0.25) is 0 Å². The molecule has 0 aliphatic rings. The zero-order valence-corrected chi connectivity index (χ0v) is 16.1. The van der Waals surface area contributed by atoms with E-state index in [2.05, 4.69) is 19.1 Å². The van der Waals surface area contributed by atoms with Crippen molar-refractivity contribution in [3.05, 3.63) is 12.2 Å². The van der Waals surface area contributed by atoms with Crippen LogP contribution in [0.25, 0.3) is 0 Å². The largest absolute Gasteiger partial charge is 0.481 e. The van der Waals surface area contributed by atoms with E-state index in [4.69, 9.17) is 15.0 Å². The Balaban J connectivity index is 0. The average molecular weight is 359 g/mol. The third-order valence-electron chi connectivity index (χ3n) is 3.73. The summed E-state index contributed by atoms with van der Waals surface area (Å²) >= 11 is 0. The van der Waals surface area contributed by atoms with E-state index < -0.39 is 11.9 Å². The number of hydrogen-bond acceptors (Lipinski definition) is 3. The van der Waals surface area contributed by atoms with Crippen molar-refractivity contribution < 1.29 is 24.9 Å². The standard InChI is InChI=1S/C18H34O3.C2H4O2/c1-2-3-4-11-14-17(19)15-12-9-7-5-6-8-10-13-16-18(20)21;1-2(3)4/h9,12,17,19H,2-8,10-11,13-16H2,1H3,(H,20,21);1H3,(H,3,4)/b12-9-;. The lowest BCUT2D eigenvalue weighted by molar-refractivity contribution is -0.137. The summed E-state index contributed by atoms with van der Waals surface area (Å²) in [6.45, 7) is 3.28. The van der Waals surface area contributed by atoms with Crippen LogP contribution < -0.4 is 0 Å². The number of carboxylic acids is 2. The zero-order valence-electron chi connectivity index (χ0n) is 16.1. The Hall–Kier alpha value is -1.36. The van der Waals surface area contributed by atoms with Crippen LogP contribution in [0.15, 0.2) is 12.2 Å². The summed E-state index contributed by atoms with van der Waals surface area (Å²) in [7, 11) is 0. The van der Waals surface area contributed by atoms with Gasteiger partial charge in [0.05, 0.1) is 6.10 Å². The van der Waals surface area contributed by atoms with Crippen LogP contribution in [0.3, 0.4) is 0 Å². The summed E-state index contributed by atoms with van der Waals surface area (Å²) in [4.78, 5) is 19.3. The Labute approximate surface area is 153 Å². The zero-order chi connectivity index (χ0) is 19.3. The lowest BCUT2D eigenvalue weighted by atomic mass is 10.1. The van der Waals surface area contributed by atoms with Crippen LogP contribution in [0.4, 0.5) is 0 Å². The van der Waals surface area contributed by atoms with Gasteiger partial charge in [-0.25, -0.2) is 0 Å². The molecule has 0 spiro atoms. The molecule has 0 aromatic carbocycles. The predicted molar refractivity (Wildman–Crippen MR) is 102 cm³/mol. The fourth-order valence-corrected chi connectivity index (χ4v) is 2.36. The van der Waals surface area contributed by atoms with E-state index in [0.29, 0.717) is 6.42 Å². The lowest BCUT2D eigenvalue weighted by Crippen LogP contribution is -2.04. The molecule has 3 N–H and O–H groups in total. The van der Waals surface area contributed by atoms with Crippen molar-refractivity contribution in [2.75, 3.05) is 0 Å². The van der Waals surface area contributed by atoms with E-state index in [-0.39, 0.29) is 6.10 Å². The molecule has 0 amide bonds. The normalized spacial score (nSPS) is 11.8. The first-order valence-corrected chi connectivity index (χ1v) is 9.64. The molecule has 5 heteroatoms. The summed E-state index contributed by atoms with van der Waals surface area (Å²) in [5.41, 5.74) is 0. The Kier molecular flexibility index (Phi) is 21.4. The highest BCUT2D eigenvalue weighted by Gasteiger charge is 2.00. The molecule has 0 radical (unpaired) electrons. The van der Waals surface area contributed by atoms with Gasteiger partial charge in [0.25, 0.3) is 5.97 Å². The Morgan fingerprint density at radius 2 is 1.44 bits per heavy atom. The van der Waals surface area contributed by atoms with E-state index >= 15 is 0 Å². The van der Waals surface area contributed by atoms with Crippen LogP contribution in [-0.4, -0.2) is 33.4 Å². The van der Waals surface area contributed by atoms with E-state index in [1.165, 1.54) is 25.7 Å². The highest BCUT2D eigenvalue weighted by atomic mass is 16.4. The minimum Gasteiger partial charge on any atom is -0.481 e. The molecule has 0 aliphatic carbocycles. The highest BCUT2D eigenvalue weighted by molar-refractivity contribution is 5.66. The fraction of sp³-hybridized carbons (Fsp3) is 0.800. The van der Waals surface area contributed by atoms with Crippen LogP contribution in [0, 0.1) is 0 Å². The maximum atomic E-state index is 10.3. The molecule has 0 rings (SSSR count). The molecule has 5 nitrogen and oxygen atoms in total. The number of allylic oxidation sites excluding steroid dienone is 1. The molecule has 1 unspecified atom stereocenters. The maximum Gasteiger partial charge on any atom is 0.303 e. The monoisotopic (exact) mass is 358 g/mol. The molecule has 0 aromatic rings. The van der Waals surface area contributed by atoms with Gasteiger partial charge in [-0.1, -0.05) is 64.0 Å². The molecule has 0 bridgehead atoms. The summed E-state index contributed by atoms with van der Waals surface area (Å²) in [6, 6.07) is 0. The van der Waals surface area contributed by atoms with Gasteiger partial charge in [0.1, 0.15) is 0 Å². The molecular weight excluding hydrogens is 320 g/mol. The lowest BCUT2D eigenvalue weighted by Gasteiger charge is -2.07. The van der Waals surface area contributed by atoms with E-state index in [9.17, 15) is 9.90 Å². The second-order valence-corrected chi connectivity index (χ2v) is 6.43. The first-order valence-electron chi connectivity index (χ1n) is 9.64. The van der Waals surface area contributed by atoms with Crippen LogP contribution in [0.1, 0.15) is 97.3 Å². The van der Waals surface area contributed by atoms with Gasteiger partial charge in [-0.3, -0.25) is 9.59 Å². The number of aliphatic carboxylic acids is 2. The number of hydrogen-bond donors (Lipinski definition) is 3. The number of unbranched alkanes of at least 4 members (excludes halogenated alkanes) is 8.